The molecule has 2 aromatic rings. The summed E-state index contributed by atoms with van der Waals surface area (Å²) in [5.74, 6) is 1.16. The highest BCUT2D eigenvalue weighted by Gasteiger charge is 2.31. The molecule has 0 spiro atoms. The molecule has 1 aliphatic heterocycles. The van der Waals surface area contributed by atoms with E-state index in [9.17, 15) is 9.59 Å². The third-order valence-corrected chi connectivity index (χ3v) is 5.10. The maximum absolute atomic E-state index is 12.6. The Morgan fingerprint density at radius 3 is 2.81 bits per heavy atom. The van der Waals surface area contributed by atoms with Crippen molar-refractivity contribution in [1.82, 2.24) is 14.9 Å². The van der Waals surface area contributed by atoms with Crippen LogP contribution in [0.15, 0.2) is 41.5 Å². The van der Waals surface area contributed by atoms with Crippen LogP contribution in [0.4, 0.5) is 5.82 Å². The summed E-state index contributed by atoms with van der Waals surface area (Å²) in [5, 5.41) is 3.38. The molecule has 0 bridgehead atoms. The molecule has 2 N–H and O–H groups in total. The van der Waals surface area contributed by atoms with Crippen LogP contribution >= 0.6 is 11.6 Å². The lowest BCUT2D eigenvalue weighted by Gasteiger charge is -2.39. The minimum absolute atomic E-state index is 0.0888. The van der Waals surface area contributed by atoms with Crippen molar-refractivity contribution in [3.63, 3.8) is 0 Å². The van der Waals surface area contributed by atoms with Crippen molar-refractivity contribution < 1.29 is 4.79 Å². The van der Waals surface area contributed by atoms with E-state index in [0.717, 1.165) is 25.1 Å². The molecule has 0 aromatic carbocycles. The number of hydrogen-bond donors (Lipinski definition) is 2. The molecular weight excluding hydrogens is 352 g/mol. The summed E-state index contributed by atoms with van der Waals surface area (Å²) in [6.07, 6.45) is 4.33. The van der Waals surface area contributed by atoms with Crippen molar-refractivity contribution in [2.24, 2.45) is 5.92 Å². The Bertz CT molecular complexity index is 801. The molecule has 1 aliphatic rings. The summed E-state index contributed by atoms with van der Waals surface area (Å²) in [4.78, 5) is 33.0. The molecule has 26 heavy (non-hydrogen) atoms. The number of hydrogen-bond acceptors (Lipinski definition) is 4. The average Bonchev–Trinajstić information content (AvgIpc) is 2.63. The summed E-state index contributed by atoms with van der Waals surface area (Å²) in [7, 11) is 0. The van der Waals surface area contributed by atoms with Gasteiger partial charge in [-0.1, -0.05) is 24.6 Å². The number of likely N-dealkylation sites (tertiary alicyclic amines) is 1. The van der Waals surface area contributed by atoms with Gasteiger partial charge in [0.15, 0.2) is 0 Å². The highest BCUT2D eigenvalue weighted by molar-refractivity contribution is 6.30. The number of carbonyl (C=O) groups is 1. The van der Waals surface area contributed by atoms with E-state index < -0.39 is 0 Å². The second-order valence-electron chi connectivity index (χ2n) is 7.00. The minimum Gasteiger partial charge on any atom is -0.329 e. The number of H-pyrrole nitrogens is 1. The van der Waals surface area contributed by atoms with E-state index in [0.29, 0.717) is 22.7 Å². The molecule has 7 heteroatoms. The van der Waals surface area contributed by atoms with E-state index >= 15 is 0 Å². The Morgan fingerprint density at radius 2 is 2.15 bits per heavy atom. The first-order chi connectivity index (χ1) is 12.4. The van der Waals surface area contributed by atoms with Gasteiger partial charge in [-0.2, -0.15) is 0 Å². The third kappa shape index (κ3) is 4.51. The Labute approximate surface area is 157 Å². The second-order valence-corrected chi connectivity index (χ2v) is 7.44. The van der Waals surface area contributed by atoms with Crippen LogP contribution < -0.4 is 10.9 Å². The average molecular weight is 375 g/mol. The topological polar surface area (TPSA) is 78.1 Å². The smallest absolute Gasteiger partial charge is 0.247 e. The van der Waals surface area contributed by atoms with E-state index in [1.165, 1.54) is 6.20 Å². The molecule has 3 heterocycles. The van der Waals surface area contributed by atoms with Crippen molar-refractivity contribution in [2.45, 2.75) is 32.2 Å². The first-order valence-electron chi connectivity index (χ1n) is 8.77. The van der Waals surface area contributed by atoms with Gasteiger partial charge in [-0.25, -0.2) is 4.98 Å². The number of carbonyl (C=O) groups excluding carboxylic acids is 1. The van der Waals surface area contributed by atoms with Gasteiger partial charge in [0.1, 0.15) is 5.82 Å². The predicted molar refractivity (Wildman–Crippen MR) is 102 cm³/mol. The molecule has 1 saturated heterocycles. The quantitative estimate of drug-likeness (QED) is 0.862. The van der Waals surface area contributed by atoms with Crippen LogP contribution in [0, 0.1) is 5.92 Å². The van der Waals surface area contributed by atoms with Gasteiger partial charge in [0.25, 0.3) is 0 Å². The van der Waals surface area contributed by atoms with Crippen LogP contribution in [-0.4, -0.2) is 39.9 Å². The summed E-state index contributed by atoms with van der Waals surface area (Å²) in [5.41, 5.74) is 1.01. The number of halogens is 1. The van der Waals surface area contributed by atoms with Gasteiger partial charge in [-0.15, -0.1) is 0 Å². The Hall–Kier alpha value is -2.18. The largest absolute Gasteiger partial charge is 0.329 e. The standard InChI is InChI=1S/C19H23ClN4O2/c1-12-7-15(14-3-6-18(25)22-8-14)11-24(10-12)13(2)19(26)23-17-5-4-16(20)9-21-17/h3-6,8-9,12-13,15H,7,10-11H2,1-2H3,(H,22,25)(H,21,23,26)/t12-,13-,15+/m0/s1. The van der Waals surface area contributed by atoms with E-state index in [1.807, 2.05) is 13.0 Å². The van der Waals surface area contributed by atoms with Crippen molar-refractivity contribution in [1.29, 1.82) is 0 Å². The Morgan fingerprint density at radius 1 is 1.35 bits per heavy atom. The van der Waals surface area contributed by atoms with E-state index in [-0.39, 0.29) is 17.5 Å². The summed E-state index contributed by atoms with van der Waals surface area (Å²) < 4.78 is 0. The lowest BCUT2D eigenvalue weighted by Crippen LogP contribution is -2.48. The number of aromatic nitrogens is 2. The molecule has 0 unspecified atom stereocenters. The number of anilines is 1. The maximum atomic E-state index is 12.6. The number of nitrogens with one attached hydrogen (secondary N) is 2. The predicted octanol–water partition coefficient (Wildman–Crippen LogP) is 2.88. The van der Waals surface area contributed by atoms with E-state index in [2.05, 4.69) is 27.1 Å². The highest BCUT2D eigenvalue weighted by Crippen LogP contribution is 2.30. The second kappa shape index (κ2) is 8.01. The summed E-state index contributed by atoms with van der Waals surface area (Å²) >= 11 is 5.83. The van der Waals surface area contributed by atoms with Crippen molar-refractivity contribution in [3.8, 4) is 0 Å². The van der Waals surface area contributed by atoms with Gasteiger partial charge >= 0.3 is 0 Å². The third-order valence-electron chi connectivity index (χ3n) is 4.87. The minimum atomic E-state index is -0.277. The van der Waals surface area contributed by atoms with Gasteiger partial charge < -0.3 is 10.3 Å². The van der Waals surface area contributed by atoms with Crippen molar-refractivity contribution >= 4 is 23.3 Å². The van der Waals surface area contributed by atoms with E-state index in [4.69, 9.17) is 11.6 Å². The lowest BCUT2D eigenvalue weighted by atomic mass is 9.85. The van der Waals surface area contributed by atoms with Crippen LogP contribution in [0.5, 0.6) is 0 Å². The molecule has 2 aromatic heterocycles. The lowest BCUT2D eigenvalue weighted by molar-refractivity contribution is -0.121. The van der Waals surface area contributed by atoms with Crippen LogP contribution in [0.1, 0.15) is 31.7 Å². The first kappa shape index (κ1) is 18.6. The van der Waals surface area contributed by atoms with Gasteiger partial charge in [-0.3, -0.25) is 14.5 Å². The normalized spacial score (nSPS) is 22.0. The zero-order chi connectivity index (χ0) is 18.7. The number of pyridine rings is 2. The Balaban J connectivity index is 1.68. The molecule has 0 radical (unpaired) electrons. The molecule has 0 aliphatic carbocycles. The fourth-order valence-corrected chi connectivity index (χ4v) is 3.59. The molecule has 1 fully saturated rings. The molecular formula is C19H23ClN4O2. The van der Waals surface area contributed by atoms with Crippen molar-refractivity contribution in [3.05, 3.63) is 57.6 Å². The monoisotopic (exact) mass is 374 g/mol. The molecule has 138 valence electrons. The number of amides is 1. The van der Waals surface area contributed by atoms with Crippen LogP contribution in [0.2, 0.25) is 5.02 Å². The van der Waals surface area contributed by atoms with Gasteiger partial charge in [0.2, 0.25) is 11.5 Å². The number of aromatic amines is 1. The fourth-order valence-electron chi connectivity index (χ4n) is 3.47. The molecule has 1 amide bonds. The summed E-state index contributed by atoms with van der Waals surface area (Å²) in [6, 6.07) is 6.54. The zero-order valence-electron chi connectivity index (χ0n) is 14.9. The number of piperidine rings is 1. The van der Waals surface area contributed by atoms with Gasteiger partial charge in [-0.05, 0) is 42.9 Å². The number of nitrogens with zero attached hydrogens (tertiary/aromatic N) is 2. The number of rotatable bonds is 4. The molecule has 6 nitrogen and oxygen atoms in total. The van der Waals surface area contributed by atoms with Crippen LogP contribution in [0.3, 0.4) is 0 Å². The highest BCUT2D eigenvalue weighted by atomic mass is 35.5. The Kier molecular flexibility index (Phi) is 5.74. The molecule has 0 saturated carbocycles. The fraction of sp³-hybridized carbons (Fsp3) is 0.421. The van der Waals surface area contributed by atoms with Crippen molar-refractivity contribution in [2.75, 3.05) is 18.4 Å². The SMILES string of the molecule is C[C@H]1C[C@@H](c2ccc(=O)[nH]c2)CN([C@@H](C)C(=O)Nc2ccc(Cl)cn2)C1. The van der Waals surface area contributed by atoms with Gasteiger partial charge in [0.05, 0.1) is 11.1 Å². The maximum Gasteiger partial charge on any atom is 0.247 e. The molecule has 3 atom stereocenters. The molecule has 3 rings (SSSR count). The zero-order valence-corrected chi connectivity index (χ0v) is 15.7. The van der Waals surface area contributed by atoms with Crippen LogP contribution in [0.25, 0.3) is 0 Å². The first-order valence-corrected chi connectivity index (χ1v) is 9.15. The summed E-state index contributed by atoms with van der Waals surface area (Å²) in [6.45, 7) is 5.74. The van der Waals surface area contributed by atoms with Crippen LogP contribution in [-0.2, 0) is 4.79 Å². The van der Waals surface area contributed by atoms with E-state index in [1.54, 1.807) is 24.4 Å². The van der Waals surface area contributed by atoms with Gasteiger partial charge in [0, 0.05) is 31.5 Å².